The van der Waals surface area contributed by atoms with Crippen molar-refractivity contribution in [1.82, 2.24) is 9.97 Å². The van der Waals surface area contributed by atoms with Crippen LogP contribution in [-0.4, -0.2) is 29.0 Å². The lowest BCUT2D eigenvalue weighted by molar-refractivity contribution is 0.102. The molecule has 3 aromatic rings. The fraction of sp³-hybridized carbons (Fsp3) is 0.316. The third-order valence-corrected chi connectivity index (χ3v) is 6.35. The maximum Gasteiger partial charge on any atom is 0.257 e. The molecule has 0 spiro atoms. The van der Waals surface area contributed by atoms with Crippen LogP contribution in [0, 0.1) is 6.92 Å². The minimum atomic E-state index is -0.117. The summed E-state index contributed by atoms with van der Waals surface area (Å²) in [7, 11) is 0. The molecular weight excluding hydrogens is 412 g/mol. The summed E-state index contributed by atoms with van der Waals surface area (Å²) in [6, 6.07) is 7.62. The van der Waals surface area contributed by atoms with Crippen molar-refractivity contribution in [3.8, 4) is 0 Å². The van der Waals surface area contributed by atoms with Crippen LogP contribution in [0.1, 0.15) is 34.5 Å². The molecule has 0 radical (unpaired) electrons. The number of nitrogens with zero attached hydrogens (tertiary/aromatic N) is 3. The van der Waals surface area contributed by atoms with Crippen molar-refractivity contribution >= 4 is 54.9 Å². The first-order chi connectivity index (χ1) is 12.6. The third kappa shape index (κ3) is 3.21. The van der Waals surface area contributed by atoms with E-state index in [1.165, 1.54) is 6.42 Å². The summed E-state index contributed by atoms with van der Waals surface area (Å²) >= 11 is 5.04. The SMILES string of the molecule is Cc1sc2ncnc(N3CCCCC3)c2c1C(=O)Nc1ccccc1Br. The van der Waals surface area contributed by atoms with E-state index in [9.17, 15) is 4.79 Å². The number of halogens is 1. The van der Waals surface area contributed by atoms with E-state index in [4.69, 9.17) is 0 Å². The molecule has 0 aliphatic carbocycles. The molecule has 0 atom stereocenters. The van der Waals surface area contributed by atoms with Gasteiger partial charge in [-0.05, 0) is 54.2 Å². The van der Waals surface area contributed by atoms with Gasteiger partial charge in [0.2, 0.25) is 0 Å². The van der Waals surface area contributed by atoms with Crippen molar-refractivity contribution < 1.29 is 4.79 Å². The van der Waals surface area contributed by atoms with Crippen LogP contribution in [0.25, 0.3) is 10.2 Å². The fourth-order valence-electron chi connectivity index (χ4n) is 3.40. The second-order valence-corrected chi connectivity index (χ2v) is 8.45. The number of benzene rings is 1. The Bertz CT molecular complexity index is 965. The van der Waals surface area contributed by atoms with Gasteiger partial charge in [0.1, 0.15) is 17.0 Å². The van der Waals surface area contributed by atoms with Gasteiger partial charge in [-0.2, -0.15) is 0 Å². The molecule has 5 nitrogen and oxygen atoms in total. The summed E-state index contributed by atoms with van der Waals surface area (Å²) in [6.07, 6.45) is 5.18. The Morgan fingerprint density at radius 3 is 2.73 bits per heavy atom. The Labute approximate surface area is 164 Å². The number of rotatable bonds is 3. The van der Waals surface area contributed by atoms with E-state index in [-0.39, 0.29) is 5.91 Å². The predicted octanol–water partition coefficient (Wildman–Crippen LogP) is 5.00. The smallest absolute Gasteiger partial charge is 0.257 e. The van der Waals surface area contributed by atoms with Gasteiger partial charge < -0.3 is 10.2 Å². The first-order valence-electron chi connectivity index (χ1n) is 8.70. The maximum absolute atomic E-state index is 13.1. The zero-order valence-electron chi connectivity index (χ0n) is 14.5. The highest BCUT2D eigenvalue weighted by Crippen LogP contribution is 2.36. The zero-order valence-corrected chi connectivity index (χ0v) is 16.9. The standard InChI is InChI=1S/C19H19BrN4OS/c1-12-15(18(25)23-14-8-4-3-7-13(14)20)16-17(21-11-22-19(16)26-12)24-9-5-2-6-10-24/h3-4,7-8,11H,2,5-6,9-10H2,1H3,(H,23,25). The number of carbonyl (C=O) groups excluding carboxylic acids is 1. The number of anilines is 2. The molecule has 1 N–H and O–H groups in total. The van der Waals surface area contributed by atoms with Crippen molar-refractivity contribution in [3.05, 3.63) is 45.5 Å². The van der Waals surface area contributed by atoms with Crippen LogP contribution in [0.5, 0.6) is 0 Å². The molecule has 7 heteroatoms. The minimum Gasteiger partial charge on any atom is -0.356 e. The van der Waals surface area contributed by atoms with Crippen molar-refractivity contribution in [3.63, 3.8) is 0 Å². The number of hydrogen-bond acceptors (Lipinski definition) is 5. The van der Waals surface area contributed by atoms with Gasteiger partial charge in [-0.15, -0.1) is 11.3 Å². The molecule has 4 rings (SSSR count). The van der Waals surface area contributed by atoms with Crippen LogP contribution >= 0.6 is 27.3 Å². The lowest BCUT2D eigenvalue weighted by Gasteiger charge is -2.28. The van der Waals surface area contributed by atoms with E-state index in [2.05, 4.69) is 36.1 Å². The topological polar surface area (TPSA) is 58.1 Å². The highest BCUT2D eigenvalue weighted by Gasteiger charge is 2.24. The second-order valence-electron chi connectivity index (χ2n) is 6.39. The van der Waals surface area contributed by atoms with Crippen LogP contribution in [0.2, 0.25) is 0 Å². The molecule has 3 heterocycles. The summed E-state index contributed by atoms with van der Waals surface area (Å²) in [6.45, 7) is 3.93. The molecule has 2 aromatic heterocycles. The summed E-state index contributed by atoms with van der Waals surface area (Å²) < 4.78 is 0.859. The molecule has 26 heavy (non-hydrogen) atoms. The second kappa shape index (κ2) is 7.32. The highest BCUT2D eigenvalue weighted by molar-refractivity contribution is 9.10. The molecule has 1 fully saturated rings. The minimum absolute atomic E-state index is 0.117. The monoisotopic (exact) mass is 430 g/mol. The van der Waals surface area contributed by atoms with Gasteiger partial charge in [-0.1, -0.05) is 12.1 Å². The van der Waals surface area contributed by atoms with E-state index < -0.39 is 0 Å². The number of aromatic nitrogens is 2. The van der Waals surface area contributed by atoms with Gasteiger partial charge in [-0.25, -0.2) is 9.97 Å². The Kier molecular flexibility index (Phi) is 4.91. The summed E-state index contributed by atoms with van der Waals surface area (Å²) in [5.41, 5.74) is 1.44. The number of fused-ring (bicyclic) bond motifs is 1. The van der Waals surface area contributed by atoms with Crippen LogP contribution in [0.3, 0.4) is 0 Å². The Balaban J connectivity index is 1.78. The van der Waals surface area contributed by atoms with E-state index in [1.807, 2.05) is 31.2 Å². The van der Waals surface area contributed by atoms with Gasteiger partial charge in [0, 0.05) is 22.4 Å². The molecule has 0 bridgehead atoms. The number of aryl methyl sites for hydroxylation is 1. The number of carbonyl (C=O) groups is 1. The van der Waals surface area contributed by atoms with Crippen LogP contribution in [0.15, 0.2) is 35.1 Å². The largest absolute Gasteiger partial charge is 0.356 e. The Morgan fingerprint density at radius 1 is 1.19 bits per heavy atom. The average molecular weight is 431 g/mol. The number of piperidine rings is 1. The predicted molar refractivity (Wildman–Crippen MR) is 110 cm³/mol. The third-order valence-electron chi connectivity index (χ3n) is 4.65. The molecule has 1 aliphatic rings. The highest BCUT2D eigenvalue weighted by atomic mass is 79.9. The van der Waals surface area contributed by atoms with Crippen LogP contribution in [0.4, 0.5) is 11.5 Å². The molecule has 0 saturated carbocycles. The van der Waals surface area contributed by atoms with Crippen molar-refractivity contribution in [2.75, 3.05) is 23.3 Å². The average Bonchev–Trinajstić information content (AvgIpc) is 3.00. The fourth-order valence-corrected chi connectivity index (χ4v) is 4.76. The first-order valence-corrected chi connectivity index (χ1v) is 10.3. The van der Waals surface area contributed by atoms with E-state index in [0.29, 0.717) is 5.56 Å². The van der Waals surface area contributed by atoms with Gasteiger partial charge in [0.25, 0.3) is 5.91 Å². The zero-order chi connectivity index (χ0) is 18.1. The van der Waals surface area contributed by atoms with Crippen molar-refractivity contribution in [2.45, 2.75) is 26.2 Å². The molecule has 1 aromatic carbocycles. The molecule has 134 valence electrons. The number of hydrogen-bond donors (Lipinski definition) is 1. The summed E-state index contributed by atoms with van der Waals surface area (Å²) in [4.78, 5) is 26.2. The molecule has 0 unspecified atom stereocenters. The lowest BCUT2D eigenvalue weighted by atomic mass is 10.1. The quantitative estimate of drug-likeness (QED) is 0.634. The molecule has 1 saturated heterocycles. The Hall–Kier alpha value is -1.99. The maximum atomic E-state index is 13.1. The Morgan fingerprint density at radius 2 is 1.96 bits per heavy atom. The van der Waals surface area contributed by atoms with Crippen molar-refractivity contribution in [1.29, 1.82) is 0 Å². The van der Waals surface area contributed by atoms with Crippen LogP contribution in [-0.2, 0) is 0 Å². The number of amides is 1. The number of para-hydroxylation sites is 1. The van der Waals surface area contributed by atoms with Gasteiger partial charge in [0.05, 0.1) is 16.6 Å². The molecular formula is C19H19BrN4OS. The normalized spacial score (nSPS) is 14.6. The number of thiophene rings is 1. The van der Waals surface area contributed by atoms with Gasteiger partial charge >= 0.3 is 0 Å². The van der Waals surface area contributed by atoms with Crippen LogP contribution < -0.4 is 10.2 Å². The van der Waals surface area contributed by atoms with E-state index in [0.717, 1.165) is 57.0 Å². The number of nitrogens with one attached hydrogen (secondary N) is 1. The van der Waals surface area contributed by atoms with Gasteiger partial charge in [-0.3, -0.25) is 4.79 Å². The van der Waals surface area contributed by atoms with E-state index in [1.54, 1.807) is 17.7 Å². The summed E-state index contributed by atoms with van der Waals surface area (Å²) in [5.74, 6) is 0.769. The van der Waals surface area contributed by atoms with E-state index >= 15 is 0 Å². The summed E-state index contributed by atoms with van der Waals surface area (Å²) in [5, 5.41) is 3.90. The lowest BCUT2D eigenvalue weighted by Crippen LogP contribution is -2.30. The van der Waals surface area contributed by atoms with Crippen molar-refractivity contribution in [2.24, 2.45) is 0 Å². The first kappa shape index (κ1) is 17.4. The van der Waals surface area contributed by atoms with Gasteiger partial charge in [0.15, 0.2) is 0 Å². The molecule has 1 aliphatic heterocycles. The molecule has 1 amide bonds.